The van der Waals surface area contributed by atoms with Gasteiger partial charge >= 0.3 is 5.97 Å². The van der Waals surface area contributed by atoms with Crippen molar-refractivity contribution in [3.63, 3.8) is 0 Å². The molecule has 0 unspecified atom stereocenters. The number of carbonyl (C=O) groups excluding carboxylic acids is 1. The number of aromatic carboxylic acids is 1. The van der Waals surface area contributed by atoms with Crippen LogP contribution in [0.3, 0.4) is 0 Å². The van der Waals surface area contributed by atoms with E-state index in [1.54, 1.807) is 0 Å². The molecule has 108 valence electrons. The fraction of sp³-hybridized carbons (Fsp3) is 0.125. The van der Waals surface area contributed by atoms with Crippen LogP contribution in [0.25, 0.3) is 0 Å². The molecule has 0 saturated carbocycles. The molecule has 0 atom stereocenters. The van der Waals surface area contributed by atoms with E-state index in [1.165, 1.54) is 18.2 Å². The molecule has 0 bridgehead atoms. The summed E-state index contributed by atoms with van der Waals surface area (Å²) in [4.78, 5) is 23.3. The fourth-order valence-electron chi connectivity index (χ4n) is 2.11. The first-order valence-corrected chi connectivity index (χ1v) is 6.68. The van der Waals surface area contributed by atoms with E-state index >= 15 is 0 Å². The standard InChI is InChI=1S/C16H14ClNO3/c1-9-4-3-5-10(2)14(9)15(19)18-13-8-11(16(20)21)6-7-12(13)17/h3-8H,1-2H3,(H,18,19)(H,20,21). The first-order valence-electron chi connectivity index (χ1n) is 6.30. The number of halogens is 1. The van der Waals surface area contributed by atoms with Crippen molar-refractivity contribution in [3.05, 3.63) is 63.7 Å². The van der Waals surface area contributed by atoms with Gasteiger partial charge in [0.1, 0.15) is 0 Å². The van der Waals surface area contributed by atoms with E-state index in [1.807, 2.05) is 32.0 Å². The number of rotatable bonds is 3. The monoisotopic (exact) mass is 303 g/mol. The second kappa shape index (κ2) is 5.97. The third-order valence-electron chi connectivity index (χ3n) is 3.17. The van der Waals surface area contributed by atoms with Crippen molar-refractivity contribution >= 4 is 29.2 Å². The summed E-state index contributed by atoms with van der Waals surface area (Å²) in [7, 11) is 0. The highest BCUT2D eigenvalue weighted by atomic mass is 35.5. The van der Waals surface area contributed by atoms with Crippen LogP contribution in [0, 0.1) is 13.8 Å². The Kier molecular flexibility index (Phi) is 4.29. The smallest absolute Gasteiger partial charge is 0.335 e. The summed E-state index contributed by atoms with van der Waals surface area (Å²) in [6.07, 6.45) is 0. The number of carboxylic acid groups (broad SMARTS) is 1. The molecule has 0 radical (unpaired) electrons. The van der Waals surface area contributed by atoms with Crippen molar-refractivity contribution in [2.75, 3.05) is 5.32 Å². The van der Waals surface area contributed by atoms with Crippen molar-refractivity contribution in [1.82, 2.24) is 0 Å². The summed E-state index contributed by atoms with van der Waals surface area (Å²) in [5.41, 5.74) is 2.60. The zero-order chi connectivity index (χ0) is 15.6. The predicted molar refractivity (Wildman–Crippen MR) is 82.3 cm³/mol. The molecule has 0 heterocycles. The topological polar surface area (TPSA) is 66.4 Å². The van der Waals surface area contributed by atoms with E-state index in [2.05, 4.69) is 5.32 Å². The Balaban J connectivity index is 2.36. The summed E-state index contributed by atoms with van der Waals surface area (Å²) in [5, 5.41) is 11.9. The molecule has 0 aliphatic heterocycles. The van der Waals surface area contributed by atoms with Crippen LogP contribution >= 0.6 is 11.6 Å². The average Bonchev–Trinajstić information content (AvgIpc) is 2.40. The number of anilines is 1. The van der Waals surface area contributed by atoms with Crippen LogP contribution in [-0.2, 0) is 0 Å². The van der Waals surface area contributed by atoms with Gasteiger partial charge in [-0.15, -0.1) is 0 Å². The quantitative estimate of drug-likeness (QED) is 0.903. The Bertz CT molecular complexity index is 705. The van der Waals surface area contributed by atoms with Crippen molar-refractivity contribution in [2.45, 2.75) is 13.8 Å². The molecule has 0 spiro atoms. The Morgan fingerprint density at radius 2 is 1.71 bits per heavy atom. The molecular weight excluding hydrogens is 290 g/mol. The van der Waals surface area contributed by atoms with Crippen LogP contribution < -0.4 is 5.32 Å². The van der Waals surface area contributed by atoms with Gasteiger partial charge in [-0.05, 0) is 43.2 Å². The number of amides is 1. The number of hydrogen-bond acceptors (Lipinski definition) is 2. The van der Waals surface area contributed by atoms with E-state index in [-0.39, 0.29) is 17.2 Å². The lowest BCUT2D eigenvalue weighted by Gasteiger charge is -2.12. The molecular formula is C16H14ClNO3. The predicted octanol–water partition coefficient (Wildman–Crippen LogP) is 3.91. The van der Waals surface area contributed by atoms with Gasteiger partial charge in [-0.2, -0.15) is 0 Å². The zero-order valence-electron chi connectivity index (χ0n) is 11.6. The highest BCUT2D eigenvalue weighted by Gasteiger charge is 2.14. The van der Waals surface area contributed by atoms with Gasteiger partial charge in [0.25, 0.3) is 5.91 Å². The molecule has 2 aromatic carbocycles. The van der Waals surface area contributed by atoms with Crippen molar-refractivity contribution in [3.8, 4) is 0 Å². The fourth-order valence-corrected chi connectivity index (χ4v) is 2.28. The Hall–Kier alpha value is -2.33. The van der Waals surface area contributed by atoms with E-state index in [0.717, 1.165) is 11.1 Å². The molecule has 21 heavy (non-hydrogen) atoms. The molecule has 5 heteroatoms. The largest absolute Gasteiger partial charge is 0.478 e. The lowest BCUT2D eigenvalue weighted by Crippen LogP contribution is -2.15. The van der Waals surface area contributed by atoms with E-state index in [9.17, 15) is 9.59 Å². The van der Waals surface area contributed by atoms with E-state index in [4.69, 9.17) is 16.7 Å². The van der Waals surface area contributed by atoms with E-state index in [0.29, 0.717) is 10.6 Å². The van der Waals surface area contributed by atoms with Crippen molar-refractivity contribution < 1.29 is 14.7 Å². The summed E-state index contributed by atoms with van der Waals surface area (Å²) in [5.74, 6) is -1.38. The minimum atomic E-state index is -1.07. The van der Waals surface area contributed by atoms with Gasteiger partial charge < -0.3 is 10.4 Å². The minimum absolute atomic E-state index is 0.0659. The van der Waals surface area contributed by atoms with Gasteiger partial charge in [0.05, 0.1) is 16.3 Å². The summed E-state index contributed by atoms with van der Waals surface area (Å²) >= 11 is 6.00. The summed E-state index contributed by atoms with van der Waals surface area (Å²) in [6.45, 7) is 3.69. The summed E-state index contributed by atoms with van der Waals surface area (Å²) in [6, 6.07) is 9.74. The molecule has 0 aliphatic carbocycles. The first-order chi connectivity index (χ1) is 9.90. The van der Waals surface area contributed by atoms with Gasteiger partial charge in [-0.1, -0.05) is 29.8 Å². The van der Waals surface area contributed by atoms with Crippen LogP contribution in [0.15, 0.2) is 36.4 Å². The maximum Gasteiger partial charge on any atom is 0.335 e. The van der Waals surface area contributed by atoms with E-state index < -0.39 is 5.97 Å². The highest BCUT2D eigenvalue weighted by molar-refractivity contribution is 6.34. The Labute approximate surface area is 127 Å². The van der Waals surface area contributed by atoms with Crippen LogP contribution in [0.5, 0.6) is 0 Å². The first kappa shape index (κ1) is 15.1. The maximum atomic E-state index is 12.4. The third-order valence-corrected chi connectivity index (χ3v) is 3.50. The van der Waals surface area contributed by atoms with Crippen LogP contribution in [0.2, 0.25) is 5.02 Å². The van der Waals surface area contributed by atoms with Gasteiger partial charge in [0.2, 0.25) is 0 Å². The molecule has 4 nitrogen and oxygen atoms in total. The normalized spacial score (nSPS) is 10.2. The molecule has 0 aromatic heterocycles. The van der Waals surface area contributed by atoms with Gasteiger partial charge in [-0.25, -0.2) is 4.79 Å². The maximum absolute atomic E-state index is 12.4. The number of hydrogen-bond donors (Lipinski definition) is 2. The third kappa shape index (κ3) is 3.23. The molecule has 1 amide bonds. The number of carboxylic acids is 1. The van der Waals surface area contributed by atoms with Gasteiger partial charge in [-0.3, -0.25) is 4.79 Å². The number of benzene rings is 2. The average molecular weight is 304 g/mol. The second-order valence-electron chi connectivity index (χ2n) is 4.72. The number of aryl methyl sites for hydroxylation is 2. The number of nitrogens with one attached hydrogen (secondary N) is 1. The highest BCUT2D eigenvalue weighted by Crippen LogP contribution is 2.24. The van der Waals surface area contributed by atoms with Crippen molar-refractivity contribution in [2.24, 2.45) is 0 Å². The van der Waals surface area contributed by atoms with Crippen molar-refractivity contribution in [1.29, 1.82) is 0 Å². The molecule has 0 aliphatic rings. The zero-order valence-corrected chi connectivity index (χ0v) is 12.4. The Morgan fingerprint density at radius 1 is 1.10 bits per heavy atom. The summed E-state index contributed by atoms with van der Waals surface area (Å²) < 4.78 is 0. The van der Waals surface area contributed by atoms with Gasteiger partial charge in [0.15, 0.2) is 0 Å². The van der Waals surface area contributed by atoms with Gasteiger partial charge in [0, 0.05) is 5.56 Å². The molecule has 2 N–H and O–H groups in total. The minimum Gasteiger partial charge on any atom is -0.478 e. The van der Waals surface area contributed by atoms with Crippen LogP contribution in [-0.4, -0.2) is 17.0 Å². The lowest BCUT2D eigenvalue weighted by molar-refractivity contribution is 0.0696. The van der Waals surface area contributed by atoms with Crippen LogP contribution in [0.4, 0.5) is 5.69 Å². The Morgan fingerprint density at radius 3 is 2.29 bits per heavy atom. The van der Waals surface area contributed by atoms with Crippen LogP contribution in [0.1, 0.15) is 31.8 Å². The second-order valence-corrected chi connectivity index (χ2v) is 5.13. The SMILES string of the molecule is Cc1cccc(C)c1C(=O)Nc1cc(C(=O)O)ccc1Cl. The lowest BCUT2D eigenvalue weighted by atomic mass is 10.0. The molecule has 0 fully saturated rings. The molecule has 0 saturated heterocycles. The number of carbonyl (C=O) groups is 2. The molecule has 2 aromatic rings. The molecule has 2 rings (SSSR count).